The number of nitriles is 1. The van der Waals surface area contributed by atoms with Crippen molar-refractivity contribution in [3.05, 3.63) is 88.0 Å². The highest BCUT2D eigenvalue weighted by Crippen LogP contribution is 2.24. The average molecular weight is 413 g/mol. The van der Waals surface area contributed by atoms with Crippen LogP contribution in [0.5, 0.6) is 0 Å². The SMILES string of the molecule is CC=C(/N=C\C(N)=C(/C)Nc1c(C)cc(/C=C/C=N)cc1C)Nc1ccc(C#N)cc1. The quantitative estimate of drug-likeness (QED) is 0.430. The van der Waals surface area contributed by atoms with Gasteiger partial charge in [0, 0.05) is 23.3 Å². The minimum Gasteiger partial charge on any atom is -0.396 e. The standard InChI is InChI=1S/C25H28N6/c1-5-24(31-22-10-8-20(15-27)9-11-22)29-16-23(28)19(4)30-25-17(2)13-21(7-6-12-26)14-18(25)3/h5-14,16,26,30-31H,28H2,1-4H3/b7-6+,23-19-,24-5?,26-12?,29-16-. The largest absolute Gasteiger partial charge is 0.396 e. The molecule has 0 unspecified atom stereocenters. The molecule has 0 saturated heterocycles. The maximum Gasteiger partial charge on any atom is 0.126 e. The number of hydrogen-bond donors (Lipinski definition) is 4. The van der Waals surface area contributed by atoms with Crippen LogP contribution < -0.4 is 16.4 Å². The zero-order valence-electron chi connectivity index (χ0n) is 18.3. The second kappa shape index (κ2) is 11.2. The number of rotatable bonds is 8. The number of nitrogens with two attached hydrogens (primary N) is 1. The van der Waals surface area contributed by atoms with Crippen LogP contribution in [0.4, 0.5) is 11.4 Å². The van der Waals surface area contributed by atoms with E-state index in [2.05, 4.69) is 33.8 Å². The highest BCUT2D eigenvalue weighted by Gasteiger charge is 2.06. The smallest absolute Gasteiger partial charge is 0.126 e. The van der Waals surface area contributed by atoms with Crippen LogP contribution in [0.2, 0.25) is 0 Å². The first-order valence-corrected chi connectivity index (χ1v) is 9.87. The Bertz CT molecular complexity index is 1070. The number of hydrogen-bond acceptors (Lipinski definition) is 6. The van der Waals surface area contributed by atoms with Gasteiger partial charge in [0.15, 0.2) is 0 Å². The molecule has 0 saturated carbocycles. The molecule has 6 heteroatoms. The van der Waals surface area contributed by atoms with E-state index in [0.29, 0.717) is 17.1 Å². The monoisotopic (exact) mass is 412 g/mol. The van der Waals surface area contributed by atoms with E-state index in [0.717, 1.165) is 33.8 Å². The molecule has 0 heterocycles. The van der Waals surface area contributed by atoms with E-state index in [1.54, 1.807) is 24.4 Å². The Morgan fingerprint density at radius 3 is 2.32 bits per heavy atom. The Morgan fingerprint density at radius 2 is 1.77 bits per heavy atom. The van der Waals surface area contributed by atoms with Crippen LogP contribution in [0.1, 0.15) is 36.1 Å². The summed E-state index contributed by atoms with van der Waals surface area (Å²) >= 11 is 0. The van der Waals surface area contributed by atoms with Crippen LogP contribution in [0.25, 0.3) is 6.08 Å². The average Bonchev–Trinajstić information content (AvgIpc) is 2.77. The molecule has 6 nitrogen and oxygen atoms in total. The van der Waals surface area contributed by atoms with Gasteiger partial charge in [-0.15, -0.1) is 0 Å². The van der Waals surface area contributed by atoms with Crippen molar-refractivity contribution in [2.45, 2.75) is 27.7 Å². The molecule has 5 N–H and O–H groups in total. The lowest BCUT2D eigenvalue weighted by atomic mass is 10.0. The molecule has 0 radical (unpaired) electrons. The molecule has 0 aromatic heterocycles. The number of anilines is 2. The van der Waals surface area contributed by atoms with Gasteiger partial charge in [0.05, 0.1) is 23.5 Å². The molecule has 0 aliphatic rings. The topological polar surface area (TPSA) is 110 Å². The number of aliphatic imine (C=N–C) groups is 1. The van der Waals surface area contributed by atoms with Crippen molar-refractivity contribution >= 4 is 29.9 Å². The van der Waals surface area contributed by atoms with Gasteiger partial charge in [-0.1, -0.05) is 6.08 Å². The molecule has 2 aromatic rings. The van der Waals surface area contributed by atoms with E-state index in [4.69, 9.17) is 16.4 Å². The number of benzene rings is 2. The summed E-state index contributed by atoms with van der Waals surface area (Å²) in [6.45, 7) is 7.87. The van der Waals surface area contributed by atoms with Gasteiger partial charge < -0.3 is 21.8 Å². The molecule has 158 valence electrons. The fourth-order valence-electron chi connectivity index (χ4n) is 2.90. The van der Waals surface area contributed by atoms with E-state index in [-0.39, 0.29) is 0 Å². The van der Waals surface area contributed by atoms with E-state index >= 15 is 0 Å². The van der Waals surface area contributed by atoms with Gasteiger partial charge >= 0.3 is 0 Å². The first kappa shape index (κ1) is 23.2. The molecule has 0 spiro atoms. The number of aryl methyl sites for hydroxylation is 2. The summed E-state index contributed by atoms with van der Waals surface area (Å²) in [6.07, 6.45) is 8.32. The molecule has 2 aromatic carbocycles. The van der Waals surface area contributed by atoms with E-state index in [9.17, 15) is 0 Å². The lowest BCUT2D eigenvalue weighted by Gasteiger charge is -2.15. The van der Waals surface area contributed by atoms with Crippen molar-refractivity contribution in [3.63, 3.8) is 0 Å². The highest BCUT2D eigenvalue weighted by atomic mass is 15.0. The number of allylic oxidation sites excluding steroid dienone is 4. The van der Waals surface area contributed by atoms with E-state index in [1.165, 1.54) is 6.21 Å². The van der Waals surface area contributed by atoms with E-state index in [1.807, 2.05) is 52.0 Å². The molecule has 0 aliphatic carbocycles. The number of nitrogens with one attached hydrogen (secondary N) is 3. The lowest BCUT2D eigenvalue weighted by molar-refractivity contribution is 1.23. The third kappa shape index (κ3) is 6.72. The van der Waals surface area contributed by atoms with Crippen LogP contribution in [0, 0.1) is 30.6 Å². The Morgan fingerprint density at radius 1 is 1.13 bits per heavy atom. The predicted molar refractivity (Wildman–Crippen MR) is 131 cm³/mol. The van der Waals surface area contributed by atoms with E-state index < -0.39 is 0 Å². The fraction of sp³-hybridized carbons (Fsp3) is 0.160. The molecule has 2 rings (SSSR count). The van der Waals surface area contributed by atoms with Crippen molar-refractivity contribution in [2.24, 2.45) is 10.7 Å². The summed E-state index contributed by atoms with van der Waals surface area (Å²) in [7, 11) is 0. The molecule has 0 fully saturated rings. The first-order chi connectivity index (χ1) is 14.9. The molecule has 0 amide bonds. The summed E-state index contributed by atoms with van der Waals surface area (Å²) in [6, 6.07) is 13.4. The zero-order valence-corrected chi connectivity index (χ0v) is 18.3. The third-order valence-electron chi connectivity index (χ3n) is 4.59. The van der Waals surface area contributed by atoms with Gasteiger partial charge in [-0.05, 0) is 92.9 Å². The van der Waals surface area contributed by atoms with Crippen molar-refractivity contribution in [2.75, 3.05) is 10.6 Å². The van der Waals surface area contributed by atoms with Crippen molar-refractivity contribution in [1.29, 1.82) is 10.7 Å². The fourth-order valence-corrected chi connectivity index (χ4v) is 2.90. The molecule has 0 bridgehead atoms. The second-order valence-electron chi connectivity index (χ2n) is 7.01. The minimum atomic E-state index is 0.521. The van der Waals surface area contributed by atoms with Crippen molar-refractivity contribution in [1.82, 2.24) is 0 Å². The zero-order chi connectivity index (χ0) is 22.8. The minimum absolute atomic E-state index is 0.521. The summed E-state index contributed by atoms with van der Waals surface area (Å²) in [5.41, 5.74) is 13.2. The van der Waals surface area contributed by atoms with Crippen LogP contribution in [-0.2, 0) is 0 Å². The van der Waals surface area contributed by atoms with Crippen molar-refractivity contribution in [3.8, 4) is 6.07 Å². The lowest BCUT2D eigenvalue weighted by Crippen LogP contribution is -2.11. The summed E-state index contributed by atoms with van der Waals surface area (Å²) in [5.74, 6) is 0.648. The van der Waals surface area contributed by atoms with Gasteiger partial charge in [-0.25, -0.2) is 4.99 Å². The molecule has 31 heavy (non-hydrogen) atoms. The predicted octanol–water partition coefficient (Wildman–Crippen LogP) is 5.48. The highest BCUT2D eigenvalue weighted by molar-refractivity contribution is 5.81. The van der Waals surface area contributed by atoms with Gasteiger partial charge in [-0.2, -0.15) is 5.26 Å². The van der Waals surface area contributed by atoms with Gasteiger partial charge in [0.25, 0.3) is 0 Å². The molecule has 0 aliphatic heterocycles. The third-order valence-corrected chi connectivity index (χ3v) is 4.59. The summed E-state index contributed by atoms with van der Waals surface area (Å²) in [5, 5.41) is 22.6. The summed E-state index contributed by atoms with van der Waals surface area (Å²) < 4.78 is 0. The van der Waals surface area contributed by atoms with Crippen LogP contribution in [-0.4, -0.2) is 12.4 Å². The molecular formula is C25H28N6. The van der Waals surface area contributed by atoms with Crippen LogP contribution in [0.3, 0.4) is 0 Å². The number of nitrogens with zero attached hydrogens (tertiary/aromatic N) is 2. The first-order valence-electron chi connectivity index (χ1n) is 9.87. The maximum absolute atomic E-state index is 8.90. The molecular weight excluding hydrogens is 384 g/mol. The molecule has 0 atom stereocenters. The Kier molecular flexibility index (Phi) is 8.35. The van der Waals surface area contributed by atoms with Gasteiger partial charge in [0.1, 0.15) is 5.82 Å². The Balaban J connectivity index is 2.14. The Labute approximate surface area is 184 Å². The normalized spacial score (nSPS) is 12.5. The van der Waals surface area contributed by atoms with Gasteiger partial charge in [-0.3, -0.25) is 0 Å². The Hall–Kier alpha value is -4.11. The van der Waals surface area contributed by atoms with Crippen molar-refractivity contribution < 1.29 is 0 Å². The second-order valence-corrected chi connectivity index (χ2v) is 7.01. The van der Waals surface area contributed by atoms with Crippen LogP contribution >= 0.6 is 0 Å². The summed E-state index contributed by atoms with van der Waals surface area (Å²) in [4.78, 5) is 4.44. The van der Waals surface area contributed by atoms with Crippen LogP contribution in [0.15, 0.2) is 70.8 Å². The maximum atomic E-state index is 8.90. The van der Waals surface area contributed by atoms with Gasteiger partial charge in [0.2, 0.25) is 0 Å².